The molecule has 3 N–H and O–H groups in total. The minimum Gasteiger partial charge on any atom is -0.462 e. The molecule has 588 valence electrons. The monoisotopic (exact) mass is 1450 g/mol. The van der Waals surface area contributed by atoms with Crippen LogP contribution in [0.3, 0.4) is 0 Å². The van der Waals surface area contributed by atoms with Crippen molar-refractivity contribution in [3.63, 3.8) is 0 Å². The summed E-state index contributed by atoms with van der Waals surface area (Å²) < 4.78 is 68.6. The summed E-state index contributed by atoms with van der Waals surface area (Å²) in [5.41, 5.74) is 0. The molecule has 0 aliphatic heterocycles. The van der Waals surface area contributed by atoms with Gasteiger partial charge in [0, 0.05) is 25.7 Å². The smallest absolute Gasteiger partial charge is 0.462 e. The third-order valence-electron chi connectivity index (χ3n) is 19.4. The van der Waals surface area contributed by atoms with Crippen LogP contribution in [-0.4, -0.2) is 96.7 Å². The fourth-order valence-electron chi connectivity index (χ4n) is 12.2. The maximum atomic E-state index is 13.1. The van der Waals surface area contributed by atoms with Crippen LogP contribution in [0.15, 0.2) is 0 Å². The average molecular weight is 1450 g/mol. The lowest BCUT2D eigenvalue weighted by molar-refractivity contribution is -0.161. The number of esters is 4. The molecule has 0 aromatic heterocycles. The van der Waals surface area contributed by atoms with Crippen molar-refractivity contribution in [2.24, 2.45) is 17.8 Å². The highest BCUT2D eigenvalue weighted by Gasteiger charge is 2.30. The molecule has 0 radical (unpaired) electrons. The van der Waals surface area contributed by atoms with Gasteiger partial charge >= 0.3 is 39.5 Å². The molecule has 0 aliphatic carbocycles. The van der Waals surface area contributed by atoms with Gasteiger partial charge in [0.15, 0.2) is 12.2 Å². The highest BCUT2D eigenvalue weighted by Crippen LogP contribution is 2.45. The van der Waals surface area contributed by atoms with Gasteiger partial charge in [-0.15, -0.1) is 0 Å². The van der Waals surface area contributed by atoms with E-state index in [-0.39, 0.29) is 25.7 Å². The standard InChI is InChI=1S/C80H156O17P2/c1-8-11-12-13-14-15-25-32-40-47-54-61-77(82)90-68-76(97-80(85)64-57-50-43-36-35-39-46-53-60-73(7)10-3)70-95-99(88,89)93-66-74(81)65-92-98(86,87)94-69-75(67-91-78(83)62-55-48-41-33-29-24-26-30-37-44-51-58-71(4)5)96-79(84)63-56-49-42-34-28-23-21-19-17-16-18-20-22-27-31-38-45-52-59-72(6)9-2/h71-76,81H,8-70H2,1-7H3,(H,86,87)(H,88,89)/t72?,73?,74-,75-,76-/m1/s1. The Balaban J connectivity index is 5.21. The summed E-state index contributed by atoms with van der Waals surface area (Å²) in [6.07, 6.45) is 58.2. The van der Waals surface area contributed by atoms with E-state index in [9.17, 15) is 43.2 Å². The number of carbonyl (C=O) groups excluding carboxylic acids is 4. The molecule has 0 fully saturated rings. The van der Waals surface area contributed by atoms with Crippen LogP contribution in [0.4, 0.5) is 0 Å². The van der Waals surface area contributed by atoms with Gasteiger partial charge in [0.2, 0.25) is 0 Å². The van der Waals surface area contributed by atoms with Crippen molar-refractivity contribution < 1.29 is 80.2 Å². The van der Waals surface area contributed by atoms with Crippen molar-refractivity contribution in [3.05, 3.63) is 0 Å². The van der Waals surface area contributed by atoms with Gasteiger partial charge in [0.1, 0.15) is 19.3 Å². The fourth-order valence-corrected chi connectivity index (χ4v) is 13.8. The summed E-state index contributed by atoms with van der Waals surface area (Å²) in [5, 5.41) is 10.6. The second-order valence-corrected chi connectivity index (χ2v) is 32.7. The highest BCUT2D eigenvalue weighted by molar-refractivity contribution is 7.47. The van der Waals surface area contributed by atoms with Crippen molar-refractivity contribution in [2.75, 3.05) is 39.6 Å². The number of aliphatic hydroxyl groups is 1. The van der Waals surface area contributed by atoms with Gasteiger partial charge in [-0.3, -0.25) is 37.3 Å². The summed E-state index contributed by atoms with van der Waals surface area (Å²) >= 11 is 0. The molecule has 0 spiro atoms. The quantitative estimate of drug-likeness (QED) is 0.0222. The fraction of sp³-hybridized carbons (Fsp3) is 0.950. The molecule has 17 nitrogen and oxygen atoms in total. The van der Waals surface area contributed by atoms with E-state index in [1.54, 1.807) is 0 Å². The van der Waals surface area contributed by atoms with Crippen molar-refractivity contribution >= 4 is 39.5 Å². The van der Waals surface area contributed by atoms with E-state index in [1.165, 1.54) is 225 Å². The minimum absolute atomic E-state index is 0.105. The molecule has 0 saturated carbocycles. The normalized spacial score (nSPS) is 14.5. The third kappa shape index (κ3) is 71.5. The van der Waals surface area contributed by atoms with Gasteiger partial charge < -0.3 is 33.8 Å². The van der Waals surface area contributed by atoms with Crippen molar-refractivity contribution in [1.29, 1.82) is 0 Å². The van der Waals surface area contributed by atoms with E-state index in [0.29, 0.717) is 25.7 Å². The molecule has 19 heteroatoms. The number of phosphoric acid groups is 2. The Labute approximate surface area is 607 Å². The zero-order chi connectivity index (χ0) is 73.0. The Morgan fingerprint density at radius 3 is 0.768 bits per heavy atom. The van der Waals surface area contributed by atoms with Crippen molar-refractivity contribution in [2.45, 2.75) is 433 Å². The van der Waals surface area contributed by atoms with Crippen LogP contribution in [-0.2, 0) is 65.4 Å². The Kier molecular flexibility index (Phi) is 69.0. The highest BCUT2D eigenvalue weighted by atomic mass is 31.2. The first-order valence-corrected chi connectivity index (χ1v) is 44.4. The van der Waals surface area contributed by atoms with Gasteiger partial charge in [0.25, 0.3) is 0 Å². The first-order chi connectivity index (χ1) is 47.8. The van der Waals surface area contributed by atoms with E-state index in [1.807, 2.05) is 0 Å². The van der Waals surface area contributed by atoms with Crippen LogP contribution >= 0.6 is 15.6 Å². The molecule has 4 unspecified atom stereocenters. The zero-order valence-corrected chi connectivity index (χ0v) is 66.8. The predicted molar refractivity (Wildman–Crippen MR) is 405 cm³/mol. The van der Waals surface area contributed by atoms with Gasteiger partial charge in [-0.25, -0.2) is 9.13 Å². The molecule has 0 heterocycles. The number of ether oxygens (including phenoxy) is 4. The lowest BCUT2D eigenvalue weighted by Gasteiger charge is -2.21. The summed E-state index contributed by atoms with van der Waals surface area (Å²) in [6, 6.07) is 0. The Morgan fingerprint density at radius 2 is 0.515 bits per heavy atom. The second-order valence-electron chi connectivity index (χ2n) is 29.8. The third-order valence-corrected chi connectivity index (χ3v) is 21.3. The van der Waals surface area contributed by atoms with Crippen molar-refractivity contribution in [1.82, 2.24) is 0 Å². The summed E-state index contributed by atoms with van der Waals surface area (Å²) in [6.45, 7) is 12.0. The van der Waals surface area contributed by atoms with Crippen LogP contribution in [0.5, 0.6) is 0 Å². The van der Waals surface area contributed by atoms with E-state index >= 15 is 0 Å². The Bertz CT molecular complexity index is 1930. The second kappa shape index (κ2) is 70.4. The SMILES string of the molecule is CCCCCCCCCCCCCC(=O)OC[C@H](COP(=O)(O)OC[C@H](O)COP(=O)(O)OC[C@@H](COC(=O)CCCCCCCCCCCCCC(C)C)OC(=O)CCCCCCCCCCCCCCCCCCCCC(C)CC)OC(=O)CCCCCCCCCCC(C)CC. The summed E-state index contributed by atoms with van der Waals surface area (Å²) in [7, 11) is -9.92. The van der Waals surface area contributed by atoms with Crippen LogP contribution in [0.2, 0.25) is 0 Å². The molecule has 0 aliphatic rings. The van der Waals surface area contributed by atoms with Crippen molar-refractivity contribution in [3.8, 4) is 0 Å². The summed E-state index contributed by atoms with van der Waals surface area (Å²) in [5.74, 6) is 0.298. The maximum Gasteiger partial charge on any atom is 0.472 e. The van der Waals surface area contributed by atoms with E-state index in [4.69, 9.17) is 37.0 Å². The lowest BCUT2D eigenvalue weighted by Crippen LogP contribution is -2.30. The molecule has 0 rings (SSSR count). The molecule has 0 aromatic rings. The molecule has 0 amide bonds. The Hall–Kier alpha value is -1.94. The average Bonchev–Trinajstić information content (AvgIpc) is 0.957. The topological polar surface area (TPSA) is 237 Å². The Morgan fingerprint density at radius 1 is 0.293 bits per heavy atom. The minimum atomic E-state index is -4.96. The number of unbranched alkanes of at least 4 members (excludes halogenated alkanes) is 44. The number of hydrogen-bond acceptors (Lipinski definition) is 15. The van der Waals surface area contributed by atoms with E-state index < -0.39 is 97.5 Å². The van der Waals surface area contributed by atoms with Gasteiger partial charge in [-0.05, 0) is 43.4 Å². The molecule has 0 aromatic carbocycles. The van der Waals surface area contributed by atoms with Crippen LogP contribution in [0, 0.1) is 17.8 Å². The number of carbonyl (C=O) groups is 4. The van der Waals surface area contributed by atoms with Crippen LogP contribution in [0.1, 0.15) is 414 Å². The first-order valence-electron chi connectivity index (χ1n) is 41.4. The van der Waals surface area contributed by atoms with E-state index in [2.05, 4.69) is 48.5 Å². The van der Waals surface area contributed by atoms with Gasteiger partial charge in [0.05, 0.1) is 26.4 Å². The van der Waals surface area contributed by atoms with Crippen LogP contribution < -0.4 is 0 Å². The predicted octanol–water partition coefficient (Wildman–Crippen LogP) is 23.7. The molecular formula is C80H156O17P2. The largest absolute Gasteiger partial charge is 0.472 e. The number of phosphoric ester groups is 2. The zero-order valence-electron chi connectivity index (χ0n) is 65.0. The van der Waals surface area contributed by atoms with E-state index in [0.717, 1.165) is 108 Å². The number of hydrogen-bond donors (Lipinski definition) is 3. The molecule has 7 atom stereocenters. The molecule has 0 saturated heterocycles. The lowest BCUT2D eigenvalue weighted by atomic mass is 9.99. The molecule has 99 heavy (non-hydrogen) atoms. The van der Waals surface area contributed by atoms with Crippen LogP contribution in [0.25, 0.3) is 0 Å². The summed E-state index contributed by atoms with van der Waals surface area (Å²) in [4.78, 5) is 72.9. The number of rotatable bonds is 78. The molecule has 0 bridgehead atoms. The van der Waals surface area contributed by atoms with Gasteiger partial charge in [-0.1, -0.05) is 363 Å². The molecular weight excluding hydrogens is 1290 g/mol. The maximum absolute atomic E-state index is 13.1. The van der Waals surface area contributed by atoms with Gasteiger partial charge in [-0.2, -0.15) is 0 Å². The first kappa shape index (κ1) is 97.1. The number of aliphatic hydroxyl groups excluding tert-OH is 1.